The molecule has 5 heteroatoms. The molecule has 2 aromatic rings. The zero-order chi connectivity index (χ0) is 14.0. The van der Waals surface area contributed by atoms with Crippen molar-refractivity contribution in [3.63, 3.8) is 0 Å². The predicted octanol–water partition coefficient (Wildman–Crippen LogP) is 3.57. The molecule has 0 amide bonds. The molecule has 0 bridgehead atoms. The van der Waals surface area contributed by atoms with E-state index in [-0.39, 0.29) is 5.69 Å². The van der Waals surface area contributed by atoms with Gasteiger partial charge in [-0.3, -0.25) is 0 Å². The van der Waals surface area contributed by atoms with Crippen LogP contribution in [0.5, 0.6) is 0 Å². The molecule has 3 N–H and O–H groups in total. The predicted molar refractivity (Wildman–Crippen MR) is 73.1 cm³/mol. The smallest absolute Gasteiger partial charge is 0.338 e. The fourth-order valence-electron chi connectivity index (χ4n) is 1.56. The summed E-state index contributed by atoms with van der Waals surface area (Å²) in [7, 11) is 0. The Morgan fingerprint density at radius 1 is 1.26 bits per heavy atom. The zero-order valence-electron chi connectivity index (χ0n) is 10.2. The molecule has 0 saturated carbocycles. The summed E-state index contributed by atoms with van der Waals surface area (Å²) in [6.07, 6.45) is 0. The third-order valence-electron chi connectivity index (χ3n) is 2.58. The van der Waals surface area contributed by atoms with Crippen molar-refractivity contribution in [2.45, 2.75) is 16.7 Å². The number of carbonyl (C=O) groups is 1. The number of aryl methyl sites for hydroxylation is 1. The van der Waals surface area contributed by atoms with Gasteiger partial charge in [0, 0.05) is 15.5 Å². The molecule has 2 rings (SSSR count). The summed E-state index contributed by atoms with van der Waals surface area (Å²) >= 11 is 1.30. The van der Waals surface area contributed by atoms with Crippen molar-refractivity contribution < 1.29 is 14.3 Å². The lowest BCUT2D eigenvalue weighted by Gasteiger charge is -2.08. The first-order chi connectivity index (χ1) is 8.97. The second-order valence-corrected chi connectivity index (χ2v) is 5.21. The van der Waals surface area contributed by atoms with Crippen LogP contribution in [0.4, 0.5) is 10.1 Å². The van der Waals surface area contributed by atoms with E-state index in [9.17, 15) is 9.18 Å². The van der Waals surface area contributed by atoms with Gasteiger partial charge in [-0.25, -0.2) is 9.18 Å². The normalized spacial score (nSPS) is 10.4. The molecule has 0 atom stereocenters. The van der Waals surface area contributed by atoms with E-state index in [1.807, 2.05) is 31.2 Å². The third kappa shape index (κ3) is 3.06. The number of rotatable bonds is 3. The van der Waals surface area contributed by atoms with E-state index in [2.05, 4.69) is 0 Å². The van der Waals surface area contributed by atoms with Crippen molar-refractivity contribution in [2.75, 3.05) is 5.73 Å². The molecule has 0 aliphatic carbocycles. The van der Waals surface area contributed by atoms with Crippen molar-refractivity contribution >= 4 is 23.4 Å². The molecule has 3 nitrogen and oxygen atoms in total. The average Bonchev–Trinajstić information content (AvgIpc) is 2.35. The molecule has 0 unspecified atom stereocenters. The number of anilines is 1. The fourth-order valence-corrected chi connectivity index (χ4v) is 2.42. The first-order valence-electron chi connectivity index (χ1n) is 5.54. The Bertz CT molecular complexity index is 626. The minimum Gasteiger partial charge on any atom is -0.478 e. The largest absolute Gasteiger partial charge is 0.478 e. The topological polar surface area (TPSA) is 63.3 Å². The van der Waals surface area contributed by atoms with Crippen LogP contribution in [0.3, 0.4) is 0 Å². The Morgan fingerprint density at radius 2 is 1.89 bits per heavy atom. The molecule has 98 valence electrons. The van der Waals surface area contributed by atoms with Gasteiger partial charge in [0.1, 0.15) is 5.82 Å². The van der Waals surface area contributed by atoms with Crippen LogP contribution in [0.1, 0.15) is 15.9 Å². The number of nitrogen functional groups attached to an aromatic ring is 1. The van der Waals surface area contributed by atoms with Gasteiger partial charge in [-0.05, 0) is 31.2 Å². The van der Waals surface area contributed by atoms with Crippen molar-refractivity contribution in [3.8, 4) is 0 Å². The van der Waals surface area contributed by atoms with E-state index in [1.54, 1.807) is 0 Å². The van der Waals surface area contributed by atoms with E-state index >= 15 is 0 Å². The number of halogens is 1. The van der Waals surface area contributed by atoms with Gasteiger partial charge >= 0.3 is 5.97 Å². The summed E-state index contributed by atoms with van der Waals surface area (Å²) in [6, 6.07) is 10.0. The maximum atomic E-state index is 13.6. The van der Waals surface area contributed by atoms with Crippen molar-refractivity contribution in [1.29, 1.82) is 0 Å². The summed E-state index contributed by atoms with van der Waals surface area (Å²) in [5.41, 5.74) is 6.73. The Hall–Kier alpha value is -2.01. The highest BCUT2D eigenvalue weighted by molar-refractivity contribution is 7.99. The van der Waals surface area contributed by atoms with Gasteiger partial charge in [0.2, 0.25) is 0 Å². The van der Waals surface area contributed by atoms with E-state index in [0.29, 0.717) is 4.90 Å². The summed E-state index contributed by atoms with van der Waals surface area (Å²) in [6.45, 7) is 1.98. The molecule has 0 radical (unpaired) electrons. The highest BCUT2D eigenvalue weighted by Crippen LogP contribution is 2.33. The molecule has 19 heavy (non-hydrogen) atoms. The number of aromatic carboxylic acids is 1. The maximum Gasteiger partial charge on any atom is 0.338 e. The molecule has 0 aliphatic rings. The maximum absolute atomic E-state index is 13.6. The lowest BCUT2D eigenvalue weighted by Crippen LogP contribution is -2.03. The first-order valence-corrected chi connectivity index (χ1v) is 6.36. The fraction of sp³-hybridized carbons (Fsp3) is 0.0714. The van der Waals surface area contributed by atoms with Gasteiger partial charge in [0.25, 0.3) is 0 Å². The second-order valence-electron chi connectivity index (χ2n) is 4.09. The van der Waals surface area contributed by atoms with Crippen molar-refractivity contribution in [2.24, 2.45) is 0 Å². The van der Waals surface area contributed by atoms with E-state index < -0.39 is 17.3 Å². The monoisotopic (exact) mass is 277 g/mol. The third-order valence-corrected chi connectivity index (χ3v) is 3.66. The summed E-state index contributed by atoms with van der Waals surface area (Å²) in [5, 5.41) is 8.80. The molecule has 2 aromatic carbocycles. The molecular formula is C14H12FNO2S. The summed E-state index contributed by atoms with van der Waals surface area (Å²) < 4.78 is 13.6. The Morgan fingerprint density at radius 3 is 2.47 bits per heavy atom. The zero-order valence-corrected chi connectivity index (χ0v) is 11.0. The van der Waals surface area contributed by atoms with Crippen LogP contribution in [-0.2, 0) is 0 Å². The minimum absolute atomic E-state index is 0.254. The number of carboxylic acids is 1. The van der Waals surface area contributed by atoms with Crippen molar-refractivity contribution in [1.82, 2.24) is 0 Å². The average molecular weight is 277 g/mol. The van der Waals surface area contributed by atoms with Crippen molar-refractivity contribution in [3.05, 3.63) is 53.3 Å². The number of carboxylic acid groups (broad SMARTS) is 1. The number of benzene rings is 2. The summed E-state index contributed by atoms with van der Waals surface area (Å²) in [4.78, 5) is 12.2. The van der Waals surface area contributed by atoms with Crippen LogP contribution in [-0.4, -0.2) is 11.1 Å². The van der Waals surface area contributed by atoms with Crippen LogP contribution < -0.4 is 5.73 Å². The van der Waals surface area contributed by atoms with Gasteiger partial charge in [-0.1, -0.05) is 29.5 Å². The van der Waals surface area contributed by atoms with Crippen LogP contribution in [0.2, 0.25) is 0 Å². The lowest BCUT2D eigenvalue weighted by atomic mass is 10.2. The Labute approximate surface area is 114 Å². The SMILES string of the molecule is Cc1ccc(Sc2cc(F)c(C(=O)O)cc2N)cc1. The number of nitrogens with two attached hydrogens (primary N) is 1. The number of hydrogen-bond donors (Lipinski definition) is 2. The van der Waals surface area contributed by atoms with Gasteiger partial charge in [-0.2, -0.15) is 0 Å². The van der Waals surface area contributed by atoms with Crippen LogP contribution in [0, 0.1) is 12.7 Å². The Kier molecular flexibility index (Phi) is 3.76. The summed E-state index contributed by atoms with van der Waals surface area (Å²) in [5.74, 6) is -2.10. The molecule has 0 aromatic heterocycles. The molecule has 0 aliphatic heterocycles. The Balaban J connectivity index is 2.33. The minimum atomic E-state index is -1.32. The highest BCUT2D eigenvalue weighted by atomic mass is 32.2. The standard InChI is InChI=1S/C14H12FNO2S/c1-8-2-4-9(5-3-8)19-13-7-11(15)10(14(17)18)6-12(13)16/h2-7H,16H2,1H3,(H,17,18). The van der Waals surface area contributed by atoms with Crippen LogP contribution in [0.15, 0.2) is 46.2 Å². The molecular weight excluding hydrogens is 265 g/mol. The molecule has 0 heterocycles. The molecule has 0 fully saturated rings. The first kappa shape index (κ1) is 13.4. The van der Waals surface area contributed by atoms with Gasteiger partial charge in [0.05, 0.1) is 5.56 Å². The molecule has 0 spiro atoms. The highest BCUT2D eigenvalue weighted by Gasteiger charge is 2.14. The van der Waals surface area contributed by atoms with Crippen LogP contribution in [0.25, 0.3) is 0 Å². The van der Waals surface area contributed by atoms with E-state index in [1.165, 1.54) is 11.8 Å². The quantitative estimate of drug-likeness (QED) is 0.842. The van der Waals surface area contributed by atoms with Gasteiger partial charge in [-0.15, -0.1) is 0 Å². The second kappa shape index (κ2) is 5.32. The lowest BCUT2D eigenvalue weighted by molar-refractivity contribution is 0.0692. The van der Waals surface area contributed by atoms with E-state index in [0.717, 1.165) is 22.6 Å². The van der Waals surface area contributed by atoms with E-state index in [4.69, 9.17) is 10.8 Å². The number of hydrogen-bond acceptors (Lipinski definition) is 3. The van der Waals surface area contributed by atoms with Gasteiger partial charge < -0.3 is 10.8 Å². The van der Waals surface area contributed by atoms with Gasteiger partial charge in [0.15, 0.2) is 0 Å². The van der Waals surface area contributed by atoms with Crippen LogP contribution >= 0.6 is 11.8 Å². The molecule has 0 saturated heterocycles.